The predicted octanol–water partition coefficient (Wildman–Crippen LogP) is 3.95. The zero-order chi connectivity index (χ0) is 17.5. The van der Waals surface area contributed by atoms with E-state index in [-0.39, 0.29) is 12.1 Å². The molecule has 5 heteroatoms. The van der Waals surface area contributed by atoms with Gasteiger partial charge in [0, 0.05) is 11.6 Å². The Labute approximate surface area is 143 Å². The van der Waals surface area contributed by atoms with Gasteiger partial charge in [0.05, 0.1) is 24.4 Å². The van der Waals surface area contributed by atoms with Gasteiger partial charge >= 0.3 is 0 Å². The SMILES string of the molecule is C=C(C)/C1=C/[C@@H](n2ccc3c(C)ncnc32)[C@@H](C)OC(C)(C)OC1. The minimum atomic E-state index is -0.652. The van der Waals surface area contributed by atoms with E-state index < -0.39 is 5.79 Å². The molecule has 3 heterocycles. The van der Waals surface area contributed by atoms with Crippen molar-refractivity contribution >= 4 is 11.0 Å². The molecule has 0 bridgehead atoms. The van der Waals surface area contributed by atoms with Crippen LogP contribution in [0, 0.1) is 6.92 Å². The third-order valence-electron chi connectivity index (χ3n) is 4.48. The summed E-state index contributed by atoms with van der Waals surface area (Å²) in [6.07, 6.45) is 5.76. The second-order valence-electron chi connectivity index (χ2n) is 6.89. The lowest BCUT2D eigenvalue weighted by atomic mass is 10.0. The number of aromatic nitrogens is 3. The zero-order valence-corrected chi connectivity index (χ0v) is 15.0. The summed E-state index contributed by atoms with van der Waals surface area (Å²) in [5, 5.41) is 1.06. The molecule has 1 aliphatic heterocycles. The van der Waals surface area contributed by atoms with Crippen LogP contribution in [0.4, 0.5) is 0 Å². The first-order valence-electron chi connectivity index (χ1n) is 8.25. The molecule has 0 aliphatic carbocycles. The van der Waals surface area contributed by atoms with Gasteiger partial charge in [0.1, 0.15) is 12.0 Å². The third-order valence-corrected chi connectivity index (χ3v) is 4.48. The van der Waals surface area contributed by atoms with Gasteiger partial charge in [-0.3, -0.25) is 0 Å². The molecule has 2 aromatic rings. The highest BCUT2D eigenvalue weighted by Crippen LogP contribution is 2.31. The van der Waals surface area contributed by atoms with E-state index in [1.807, 2.05) is 27.7 Å². The number of nitrogens with zero attached hydrogens (tertiary/aromatic N) is 3. The number of hydrogen-bond acceptors (Lipinski definition) is 4. The Hall–Kier alpha value is -1.98. The summed E-state index contributed by atoms with van der Waals surface area (Å²) in [6.45, 7) is 14.5. The summed E-state index contributed by atoms with van der Waals surface area (Å²) >= 11 is 0. The summed E-state index contributed by atoms with van der Waals surface area (Å²) in [5.41, 5.74) is 3.99. The van der Waals surface area contributed by atoms with Crippen LogP contribution in [0.25, 0.3) is 11.0 Å². The fourth-order valence-electron chi connectivity index (χ4n) is 3.10. The standard InChI is InChI=1S/C19H25N3O2/c1-12(2)15-9-17(14(4)24-19(5,6)23-10-15)22-8-7-16-13(3)20-11-21-18(16)22/h7-9,11,14,17H,1,10H2,2-6H3/b15-9+/t14-,17-/m1/s1. The maximum absolute atomic E-state index is 6.16. The number of rotatable bonds is 2. The average molecular weight is 327 g/mol. The van der Waals surface area contributed by atoms with Gasteiger partial charge in [-0.25, -0.2) is 9.97 Å². The van der Waals surface area contributed by atoms with Gasteiger partial charge in [0.25, 0.3) is 0 Å². The molecule has 24 heavy (non-hydrogen) atoms. The van der Waals surface area contributed by atoms with Crippen molar-refractivity contribution in [3.63, 3.8) is 0 Å². The molecule has 0 N–H and O–H groups in total. The molecule has 128 valence electrons. The zero-order valence-electron chi connectivity index (χ0n) is 15.0. The monoisotopic (exact) mass is 327 g/mol. The molecule has 5 nitrogen and oxygen atoms in total. The smallest absolute Gasteiger partial charge is 0.163 e. The lowest BCUT2D eigenvalue weighted by molar-refractivity contribution is -0.236. The quantitative estimate of drug-likeness (QED) is 0.838. The van der Waals surface area contributed by atoms with Crippen molar-refractivity contribution in [3.8, 4) is 0 Å². The molecular formula is C19H25N3O2. The molecule has 1 aliphatic rings. The third kappa shape index (κ3) is 3.14. The second-order valence-corrected chi connectivity index (χ2v) is 6.89. The van der Waals surface area contributed by atoms with E-state index in [1.54, 1.807) is 6.33 Å². The normalized spacial score (nSPS) is 26.5. The van der Waals surface area contributed by atoms with Gasteiger partial charge in [-0.15, -0.1) is 0 Å². The summed E-state index contributed by atoms with van der Waals surface area (Å²) in [6, 6.07) is 2.07. The fourth-order valence-corrected chi connectivity index (χ4v) is 3.10. The average Bonchev–Trinajstić information content (AvgIpc) is 2.90. The largest absolute Gasteiger partial charge is 0.346 e. The van der Waals surface area contributed by atoms with Crippen LogP contribution in [0.2, 0.25) is 0 Å². The first kappa shape index (κ1) is 16.9. The van der Waals surface area contributed by atoms with E-state index in [0.717, 1.165) is 27.9 Å². The molecule has 2 atom stereocenters. The van der Waals surface area contributed by atoms with Crippen LogP contribution >= 0.6 is 0 Å². The first-order chi connectivity index (χ1) is 11.3. The van der Waals surface area contributed by atoms with E-state index in [1.165, 1.54) is 0 Å². The number of fused-ring (bicyclic) bond motifs is 1. The van der Waals surface area contributed by atoms with E-state index in [4.69, 9.17) is 9.47 Å². The van der Waals surface area contributed by atoms with Crippen molar-refractivity contribution in [2.75, 3.05) is 6.61 Å². The van der Waals surface area contributed by atoms with Crippen molar-refractivity contribution in [2.45, 2.75) is 52.6 Å². The van der Waals surface area contributed by atoms with Crippen molar-refractivity contribution in [3.05, 3.63) is 48.1 Å². The molecule has 0 saturated carbocycles. The van der Waals surface area contributed by atoms with E-state index in [0.29, 0.717) is 6.61 Å². The number of aryl methyl sites for hydroxylation is 1. The Morgan fingerprint density at radius 3 is 2.83 bits per heavy atom. The van der Waals surface area contributed by atoms with Gasteiger partial charge in [-0.1, -0.05) is 18.2 Å². The van der Waals surface area contributed by atoms with Gasteiger partial charge in [-0.2, -0.15) is 0 Å². The molecular weight excluding hydrogens is 302 g/mol. The van der Waals surface area contributed by atoms with Crippen LogP contribution < -0.4 is 0 Å². The van der Waals surface area contributed by atoms with Crippen LogP contribution in [-0.4, -0.2) is 33.0 Å². The number of hydrogen-bond donors (Lipinski definition) is 0. The maximum Gasteiger partial charge on any atom is 0.163 e. The molecule has 0 aromatic carbocycles. The molecule has 0 fully saturated rings. The Bertz CT molecular complexity index is 804. The Morgan fingerprint density at radius 1 is 1.38 bits per heavy atom. The van der Waals surface area contributed by atoms with Gasteiger partial charge in [0.15, 0.2) is 5.79 Å². The maximum atomic E-state index is 6.16. The minimum absolute atomic E-state index is 0.00618. The summed E-state index contributed by atoms with van der Waals surface area (Å²) < 4.78 is 14.2. The molecule has 0 amide bonds. The van der Waals surface area contributed by atoms with Gasteiger partial charge < -0.3 is 14.0 Å². The second kappa shape index (κ2) is 6.15. The van der Waals surface area contributed by atoms with Crippen molar-refractivity contribution < 1.29 is 9.47 Å². The summed E-state index contributed by atoms with van der Waals surface area (Å²) in [7, 11) is 0. The first-order valence-corrected chi connectivity index (χ1v) is 8.25. The van der Waals surface area contributed by atoms with Crippen LogP contribution in [0.3, 0.4) is 0 Å². The molecule has 2 aromatic heterocycles. The van der Waals surface area contributed by atoms with Crippen LogP contribution in [0.15, 0.2) is 42.4 Å². The molecule has 0 unspecified atom stereocenters. The Balaban J connectivity index is 2.13. The topological polar surface area (TPSA) is 49.2 Å². The van der Waals surface area contributed by atoms with Crippen molar-refractivity contribution in [2.24, 2.45) is 0 Å². The van der Waals surface area contributed by atoms with E-state index in [9.17, 15) is 0 Å². The highest BCUT2D eigenvalue weighted by atomic mass is 16.7. The van der Waals surface area contributed by atoms with Crippen LogP contribution in [-0.2, 0) is 9.47 Å². The Kier molecular flexibility index (Phi) is 4.32. The molecule has 0 saturated heterocycles. The number of ether oxygens (including phenoxy) is 2. The summed E-state index contributed by atoms with van der Waals surface area (Å²) in [5.74, 6) is -0.652. The lowest BCUT2D eigenvalue weighted by Gasteiger charge is -2.36. The highest BCUT2D eigenvalue weighted by molar-refractivity contribution is 5.78. The van der Waals surface area contributed by atoms with Crippen LogP contribution in [0.5, 0.6) is 0 Å². The molecule has 0 radical (unpaired) electrons. The van der Waals surface area contributed by atoms with Gasteiger partial charge in [-0.05, 0) is 46.3 Å². The lowest BCUT2D eigenvalue weighted by Crippen LogP contribution is -2.38. The Morgan fingerprint density at radius 2 is 2.12 bits per heavy atom. The molecule has 3 rings (SSSR count). The fraction of sp³-hybridized carbons (Fsp3) is 0.474. The molecule has 0 spiro atoms. The van der Waals surface area contributed by atoms with Crippen LogP contribution in [0.1, 0.15) is 39.4 Å². The van der Waals surface area contributed by atoms with Crippen molar-refractivity contribution in [1.82, 2.24) is 14.5 Å². The van der Waals surface area contributed by atoms with E-state index >= 15 is 0 Å². The minimum Gasteiger partial charge on any atom is -0.346 e. The van der Waals surface area contributed by atoms with Crippen molar-refractivity contribution in [1.29, 1.82) is 0 Å². The van der Waals surface area contributed by atoms with Gasteiger partial charge in [0.2, 0.25) is 0 Å². The predicted molar refractivity (Wildman–Crippen MR) is 94.8 cm³/mol. The highest BCUT2D eigenvalue weighted by Gasteiger charge is 2.31. The van der Waals surface area contributed by atoms with E-state index in [2.05, 4.69) is 46.4 Å². The summed E-state index contributed by atoms with van der Waals surface area (Å²) in [4.78, 5) is 8.76.